The topological polar surface area (TPSA) is 54.4 Å². The molecule has 0 saturated heterocycles. The predicted octanol–water partition coefficient (Wildman–Crippen LogP) is 1.80. The van der Waals surface area contributed by atoms with E-state index < -0.39 is 32.4 Å². The smallest absolute Gasteiger partial charge is 0.341 e. The maximum Gasteiger partial charge on any atom is 0.341 e. The van der Waals surface area contributed by atoms with Gasteiger partial charge in [-0.2, -0.15) is 8.78 Å². The van der Waals surface area contributed by atoms with Crippen LogP contribution in [0.3, 0.4) is 0 Å². The van der Waals surface area contributed by atoms with E-state index in [1.807, 2.05) is 0 Å². The van der Waals surface area contributed by atoms with E-state index in [-0.39, 0.29) is 24.0 Å². The molecule has 3 nitrogen and oxygen atoms in total. The fourth-order valence-electron chi connectivity index (χ4n) is 2.01. The van der Waals surface area contributed by atoms with Gasteiger partial charge in [-0.05, 0) is 30.5 Å². The van der Waals surface area contributed by atoms with Crippen LogP contribution >= 0.6 is 0 Å². The van der Waals surface area contributed by atoms with Crippen LogP contribution < -0.4 is 0 Å². The monoisotopic (exact) mass is 266 g/mol. The maximum absolute atomic E-state index is 13.3. The lowest BCUT2D eigenvalue weighted by Crippen LogP contribution is -2.15. The average molecular weight is 266 g/mol. The minimum Gasteiger partial charge on any atom is -0.388 e. The standard InChI is InChI=1S/C10H9F3O3S/c11-6-2-4-8(17(15,16)10(12)13)9-5(6)1-3-7(9)14/h2,4,7,10,14H,1,3H2/t7-/m0/s1. The summed E-state index contributed by atoms with van der Waals surface area (Å²) in [5.74, 6) is -4.25. The third kappa shape index (κ3) is 1.83. The van der Waals surface area contributed by atoms with E-state index >= 15 is 0 Å². The molecule has 0 amide bonds. The molecule has 1 aliphatic carbocycles. The van der Waals surface area contributed by atoms with Crippen molar-refractivity contribution >= 4 is 9.84 Å². The van der Waals surface area contributed by atoms with Crippen molar-refractivity contribution in [3.8, 4) is 0 Å². The molecule has 1 atom stereocenters. The molecule has 0 bridgehead atoms. The van der Waals surface area contributed by atoms with Crippen LogP contribution in [-0.4, -0.2) is 19.3 Å². The van der Waals surface area contributed by atoms with Crippen molar-refractivity contribution in [1.29, 1.82) is 0 Å². The molecule has 0 aliphatic heterocycles. The zero-order valence-corrected chi connectivity index (χ0v) is 9.35. The second-order valence-corrected chi connectivity index (χ2v) is 5.68. The Kier molecular flexibility index (Phi) is 2.90. The highest BCUT2D eigenvalue weighted by Crippen LogP contribution is 2.38. The summed E-state index contributed by atoms with van der Waals surface area (Å²) >= 11 is 0. The molecule has 7 heteroatoms. The number of benzene rings is 1. The lowest BCUT2D eigenvalue weighted by Gasteiger charge is -2.12. The molecule has 94 valence electrons. The van der Waals surface area contributed by atoms with Crippen molar-refractivity contribution in [2.45, 2.75) is 29.6 Å². The Labute approximate surface area is 95.8 Å². The summed E-state index contributed by atoms with van der Waals surface area (Å²) in [6, 6.07) is 1.62. The van der Waals surface area contributed by atoms with Crippen LogP contribution in [0.4, 0.5) is 13.2 Å². The number of sulfone groups is 1. The quantitative estimate of drug-likeness (QED) is 0.830. The Hall–Kier alpha value is -1.08. The van der Waals surface area contributed by atoms with Crippen molar-refractivity contribution < 1.29 is 26.7 Å². The van der Waals surface area contributed by atoms with Gasteiger partial charge in [0.2, 0.25) is 9.84 Å². The number of alkyl halides is 2. The molecule has 0 aromatic heterocycles. The van der Waals surface area contributed by atoms with Gasteiger partial charge in [0.15, 0.2) is 0 Å². The molecule has 1 aromatic carbocycles. The van der Waals surface area contributed by atoms with Gasteiger partial charge >= 0.3 is 5.76 Å². The van der Waals surface area contributed by atoms with Gasteiger partial charge in [0, 0.05) is 5.56 Å². The van der Waals surface area contributed by atoms with E-state index in [0.29, 0.717) is 0 Å². The van der Waals surface area contributed by atoms with E-state index in [0.717, 1.165) is 12.1 Å². The number of hydrogen-bond donors (Lipinski definition) is 1. The number of aliphatic hydroxyl groups is 1. The summed E-state index contributed by atoms with van der Waals surface area (Å²) in [6.45, 7) is 0. The van der Waals surface area contributed by atoms with Crippen molar-refractivity contribution in [2.24, 2.45) is 0 Å². The first-order valence-corrected chi connectivity index (χ1v) is 6.41. The number of rotatable bonds is 2. The average Bonchev–Trinajstić information content (AvgIpc) is 2.62. The molecule has 0 heterocycles. The van der Waals surface area contributed by atoms with Gasteiger partial charge in [0.05, 0.1) is 11.0 Å². The lowest BCUT2D eigenvalue weighted by atomic mass is 10.1. The Bertz CT molecular complexity index is 554. The first-order chi connectivity index (χ1) is 7.85. The molecule has 17 heavy (non-hydrogen) atoms. The molecule has 1 aliphatic rings. The van der Waals surface area contributed by atoms with Crippen LogP contribution in [0.2, 0.25) is 0 Å². The normalized spacial score (nSPS) is 19.7. The molecule has 0 saturated carbocycles. The molecular formula is C10H9F3O3S. The molecule has 0 unspecified atom stereocenters. The van der Waals surface area contributed by atoms with Gasteiger partial charge in [0.25, 0.3) is 0 Å². The van der Waals surface area contributed by atoms with Gasteiger partial charge in [-0.3, -0.25) is 0 Å². The second-order valence-electron chi connectivity index (χ2n) is 3.80. The van der Waals surface area contributed by atoms with E-state index in [2.05, 4.69) is 0 Å². The highest BCUT2D eigenvalue weighted by molar-refractivity contribution is 7.91. The van der Waals surface area contributed by atoms with Crippen molar-refractivity contribution in [3.05, 3.63) is 29.1 Å². The minimum absolute atomic E-state index is 0.0132. The molecular weight excluding hydrogens is 257 g/mol. The van der Waals surface area contributed by atoms with E-state index in [1.54, 1.807) is 0 Å². The number of halogens is 3. The van der Waals surface area contributed by atoms with Crippen LogP contribution in [0.1, 0.15) is 23.7 Å². The number of hydrogen-bond acceptors (Lipinski definition) is 3. The number of fused-ring (bicyclic) bond motifs is 1. The fraction of sp³-hybridized carbons (Fsp3) is 0.400. The second kappa shape index (κ2) is 3.99. The molecule has 0 fully saturated rings. The van der Waals surface area contributed by atoms with Gasteiger partial charge in [-0.25, -0.2) is 12.8 Å². The summed E-state index contributed by atoms with van der Waals surface area (Å²) in [4.78, 5) is -0.672. The molecule has 0 radical (unpaired) electrons. The molecule has 1 aromatic rings. The van der Waals surface area contributed by atoms with Crippen LogP contribution in [0.25, 0.3) is 0 Å². The van der Waals surface area contributed by atoms with Crippen molar-refractivity contribution in [2.75, 3.05) is 0 Å². The maximum atomic E-state index is 13.3. The summed E-state index contributed by atoms with van der Waals surface area (Å²) in [7, 11) is -4.81. The Morgan fingerprint density at radius 2 is 2.00 bits per heavy atom. The Morgan fingerprint density at radius 3 is 2.59 bits per heavy atom. The van der Waals surface area contributed by atoms with E-state index in [9.17, 15) is 26.7 Å². The van der Waals surface area contributed by atoms with Crippen LogP contribution in [0.15, 0.2) is 17.0 Å². The van der Waals surface area contributed by atoms with Crippen LogP contribution in [-0.2, 0) is 16.3 Å². The summed E-state index contributed by atoms with van der Waals surface area (Å²) in [5, 5.41) is 9.56. The van der Waals surface area contributed by atoms with Gasteiger partial charge in [-0.15, -0.1) is 0 Å². The summed E-state index contributed by atoms with van der Waals surface area (Å²) in [6.07, 6.45) is -0.916. The third-order valence-electron chi connectivity index (χ3n) is 2.80. The first kappa shape index (κ1) is 12.4. The van der Waals surface area contributed by atoms with Crippen molar-refractivity contribution in [1.82, 2.24) is 0 Å². The Morgan fingerprint density at radius 1 is 1.35 bits per heavy atom. The van der Waals surface area contributed by atoms with Gasteiger partial charge in [0.1, 0.15) is 5.82 Å². The fourth-order valence-corrected chi connectivity index (χ4v) is 3.02. The number of aliphatic hydroxyl groups excluding tert-OH is 1. The van der Waals surface area contributed by atoms with E-state index in [4.69, 9.17) is 0 Å². The molecule has 2 rings (SSSR count). The van der Waals surface area contributed by atoms with Crippen molar-refractivity contribution in [3.63, 3.8) is 0 Å². The first-order valence-electron chi connectivity index (χ1n) is 4.87. The van der Waals surface area contributed by atoms with Crippen LogP contribution in [0.5, 0.6) is 0 Å². The highest BCUT2D eigenvalue weighted by Gasteiger charge is 2.35. The van der Waals surface area contributed by atoms with Gasteiger partial charge < -0.3 is 5.11 Å². The van der Waals surface area contributed by atoms with Gasteiger partial charge in [-0.1, -0.05) is 0 Å². The van der Waals surface area contributed by atoms with Crippen LogP contribution in [0, 0.1) is 5.82 Å². The summed E-state index contributed by atoms with van der Waals surface area (Å²) < 4.78 is 60.9. The largest absolute Gasteiger partial charge is 0.388 e. The predicted molar refractivity (Wildman–Crippen MR) is 52.9 cm³/mol. The molecule has 0 spiro atoms. The Balaban J connectivity index is 2.70. The summed E-state index contributed by atoms with van der Waals surface area (Å²) in [5.41, 5.74) is -0.204. The van der Waals surface area contributed by atoms with E-state index in [1.165, 1.54) is 0 Å². The highest BCUT2D eigenvalue weighted by atomic mass is 32.2. The SMILES string of the molecule is O=S(=O)(c1ccc(F)c2c1[C@@H](O)CC2)C(F)F. The zero-order chi connectivity index (χ0) is 12.8. The molecule has 1 N–H and O–H groups in total. The minimum atomic E-state index is -4.81. The third-order valence-corrected chi connectivity index (χ3v) is 4.24. The zero-order valence-electron chi connectivity index (χ0n) is 8.53. The lowest BCUT2D eigenvalue weighted by molar-refractivity contribution is 0.176.